The molecule has 1 saturated heterocycles. The van der Waals surface area contributed by atoms with Crippen LogP contribution in [0.3, 0.4) is 0 Å². The Kier molecular flexibility index (Phi) is 6.20. The van der Waals surface area contributed by atoms with Crippen LogP contribution in [-0.2, 0) is 5.54 Å². The van der Waals surface area contributed by atoms with Crippen molar-refractivity contribution in [2.75, 3.05) is 46.9 Å². The molecule has 3 rings (SSSR count). The fourth-order valence-corrected chi connectivity index (χ4v) is 4.02. The number of piperazine rings is 1. The molecule has 1 atom stereocenters. The van der Waals surface area contributed by atoms with E-state index in [0.717, 1.165) is 49.1 Å². The van der Waals surface area contributed by atoms with Gasteiger partial charge in [0.15, 0.2) is 6.04 Å². The molecule has 2 N–H and O–H groups in total. The lowest BCUT2D eigenvalue weighted by atomic mass is 10.00. The van der Waals surface area contributed by atoms with Gasteiger partial charge in [0, 0.05) is 6.07 Å². The molecule has 0 amide bonds. The van der Waals surface area contributed by atoms with Gasteiger partial charge in [-0.1, -0.05) is 0 Å². The predicted molar refractivity (Wildman–Crippen MR) is 106 cm³/mol. The number of hydrogen-bond acceptors (Lipinski definition) is 5. The Hall–Kier alpha value is -2.19. The normalized spacial score (nSPS) is 21.4. The van der Waals surface area contributed by atoms with Gasteiger partial charge in [0.1, 0.15) is 37.7 Å². The van der Waals surface area contributed by atoms with Gasteiger partial charge >= 0.3 is 0 Å². The summed E-state index contributed by atoms with van der Waals surface area (Å²) in [5.74, 6) is 2.47. The molecule has 154 valence electrons. The van der Waals surface area contributed by atoms with Crippen molar-refractivity contribution in [1.82, 2.24) is 20.2 Å². The Morgan fingerprint density at radius 2 is 1.82 bits per heavy atom. The number of likely N-dealkylation sites (N-methyl/N-ethyl adjacent to an activating group) is 1. The zero-order chi connectivity index (χ0) is 20.3. The van der Waals surface area contributed by atoms with Gasteiger partial charge in [-0.15, -0.1) is 5.10 Å². The van der Waals surface area contributed by atoms with Gasteiger partial charge in [0.2, 0.25) is 5.82 Å². The molecule has 2 heterocycles. The Morgan fingerprint density at radius 3 is 2.39 bits per heavy atom. The molecule has 1 aromatic heterocycles. The average molecular weight is 391 g/mol. The van der Waals surface area contributed by atoms with Crippen LogP contribution in [-0.4, -0.2) is 67.2 Å². The van der Waals surface area contributed by atoms with E-state index >= 15 is 0 Å². The predicted octanol–water partition coefficient (Wildman–Crippen LogP) is -0.662. The van der Waals surface area contributed by atoms with E-state index in [1.54, 1.807) is 19.1 Å². The zero-order valence-electron chi connectivity index (χ0n) is 18.0. The number of rotatable bonds is 6. The number of nitrogens with zero attached hydrogens (tertiary/aromatic N) is 4. The maximum absolute atomic E-state index is 5.75. The quantitative estimate of drug-likeness (QED) is 0.685. The first-order chi connectivity index (χ1) is 13.4. The number of benzene rings is 1. The molecule has 8 nitrogen and oxygen atoms in total. The summed E-state index contributed by atoms with van der Waals surface area (Å²) in [5, 5.41) is 12.8. The molecule has 1 aromatic carbocycles. The molecular weight excluding hydrogens is 356 g/mol. The van der Waals surface area contributed by atoms with E-state index in [1.165, 1.54) is 11.4 Å². The van der Waals surface area contributed by atoms with E-state index in [1.807, 2.05) is 16.8 Å². The number of quaternary nitrogens is 2. The van der Waals surface area contributed by atoms with Crippen molar-refractivity contribution in [2.24, 2.45) is 0 Å². The van der Waals surface area contributed by atoms with Crippen molar-refractivity contribution in [1.29, 1.82) is 0 Å². The molecule has 0 unspecified atom stereocenters. The lowest BCUT2D eigenvalue weighted by Gasteiger charge is -2.35. The number of tetrazole rings is 1. The monoisotopic (exact) mass is 390 g/mol. The van der Waals surface area contributed by atoms with Crippen LogP contribution < -0.4 is 19.3 Å². The largest absolute Gasteiger partial charge is 0.497 e. The van der Waals surface area contributed by atoms with Gasteiger partial charge in [0.25, 0.3) is 0 Å². The zero-order valence-corrected chi connectivity index (χ0v) is 18.0. The molecule has 2 aromatic rings. The Balaban J connectivity index is 2.07. The van der Waals surface area contributed by atoms with Gasteiger partial charge in [-0.05, 0) is 50.3 Å². The van der Waals surface area contributed by atoms with E-state index in [-0.39, 0.29) is 11.6 Å². The Labute approximate surface area is 167 Å². The molecule has 1 fully saturated rings. The first-order valence-corrected chi connectivity index (χ1v) is 10.1. The molecule has 0 radical (unpaired) electrons. The molecule has 0 saturated carbocycles. The molecule has 0 spiro atoms. The second kappa shape index (κ2) is 8.45. The van der Waals surface area contributed by atoms with Crippen LogP contribution in [0.25, 0.3) is 0 Å². The summed E-state index contributed by atoms with van der Waals surface area (Å²) in [6, 6.07) is 6.04. The van der Waals surface area contributed by atoms with Crippen LogP contribution in [0.1, 0.15) is 45.1 Å². The third-order valence-corrected chi connectivity index (χ3v) is 5.65. The van der Waals surface area contributed by atoms with Crippen LogP contribution >= 0.6 is 0 Å². The second-order valence-corrected chi connectivity index (χ2v) is 8.42. The minimum atomic E-state index is -0.202. The van der Waals surface area contributed by atoms with Crippen molar-refractivity contribution < 1.29 is 19.3 Å². The summed E-state index contributed by atoms with van der Waals surface area (Å²) in [6.07, 6.45) is 0. The molecular formula is C20H34N6O2+2. The number of aromatic nitrogens is 4. The smallest absolute Gasteiger partial charge is 0.214 e. The van der Waals surface area contributed by atoms with E-state index in [2.05, 4.69) is 49.3 Å². The molecule has 28 heavy (non-hydrogen) atoms. The highest BCUT2D eigenvalue weighted by atomic mass is 16.5. The van der Waals surface area contributed by atoms with E-state index in [4.69, 9.17) is 9.47 Å². The van der Waals surface area contributed by atoms with E-state index in [0.29, 0.717) is 0 Å². The van der Waals surface area contributed by atoms with Gasteiger partial charge in [-0.2, -0.15) is 0 Å². The molecule has 1 aliphatic heterocycles. The van der Waals surface area contributed by atoms with Crippen molar-refractivity contribution in [3.63, 3.8) is 0 Å². The summed E-state index contributed by atoms with van der Waals surface area (Å²) in [7, 11) is 3.38. The molecule has 0 bridgehead atoms. The van der Waals surface area contributed by atoms with Crippen molar-refractivity contribution in [3.05, 3.63) is 29.6 Å². The fraction of sp³-hybridized carbons (Fsp3) is 0.650. The summed E-state index contributed by atoms with van der Waals surface area (Å²) in [5.41, 5.74) is 0.894. The third kappa shape index (κ3) is 4.12. The summed E-state index contributed by atoms with van der Waals surface area (Å²) in [4.78, 5) is 3.13. The second-order valence-electron chi connectivity index (χ2n) is 8.42. The number of ether oxygens (including phenoxy) is 2. The Bertz CT molecular complexity index is 777. The standard InChI is InChI=1S/C20H32N6O2/c1-7-24-10-12-25(13-11-24)18(19-21-22-23-26(19)20(2,3)4)16-9-8-15(27-5)14-17(16)28-6/h8-9,14,18H,7,10-13H2,1-6H3/p+2/t18-/m1/s1. The van der Waals surface area contributed by atoms with Crippen LogP contribution in [0.15, 0.2) is 18.2 Å². The van der Waals surface area contributed by atoms with Gasteiger partial charge in [-0.3, -0.25) is 0 Å². The van der Waals surface area contributed by atoms with Crippen LogP contribution in [0.2, 0.25) is 0 Å². The topological polar surface area (TPSA) is 70.9 Å². The van der Waals surface area contributed by atoms with Gasteiger partial charge < -0.3 is 19.3 Å². The molecule has 0 aliphatic carbocycles. The first kappa shape index (κ1) is 20.5. The fourth-order valence-electron chi connectivity index (χ4n) is 4.02. The van der Waals surface area contributed by atoms with E-state index in [9.17, 15) is 0 Å². The lowest BCUT2D eigenvalue weighted by Crippen LogP contribution is -3.28. The van der Waals surface area contributed by atoms with Crippen LogP contribution in [0, 0.1) is 0 Å². The summed E-state index contributed by atoms with van der Waals surface area (Å²) >= 11 is 0. The minimum absolute atomic E-state index is 0.00786. The maximum Gasteiger partial charge on any atom is 0.214 e. The third-order valence-electron chi connectivity index (χ3n) is 5.65. The highest BCUT2D eigenvalue weighted by Gasteiger charge is 2.38. The van der Waals surface area contributed by atoms with Crippen molar-refractivity contribution in [3.8, 4) is 11.5 Å². The number of hydrogen-bond donors (Lipinski definition) is 2. The molecule has 8 heteroatoms. The van der Waals surface area contributed by atoms with Crippen molar-refractivity contribution in [2.45, 2.75) is 39.3 Å². The van der Waals surface area contributed by atoms with Crippen molar-refractivity contribution >= 4 is 0 Å². The van der Waals surface area contributed by atoms with Crippen LogP contribution in [0.5, 0.6) is 11.5 Å². The molecule has 1 aliphatic rings. The highest BCUT2D eigenvalue weighted by molar-refractivity contribution is 5.43. The van der Waals surface area contributed by atoms with Crippen LogP contribution in [0.4, 0.5) is 0 Å². The highest BCUT2D eigenvalue weighted by Crippen LogP contribution is 2.32. The van der Waals surface area contributed by atoms with E-state index < -0.39 is 0 Å². The average Bonchev–Trinajstić information content (AvgIpc) is 3.19. The lowest BCUT2D eigenvalue weighted by molar-refractivity contribution is -1.02. The SMILES string of the molecule is CC[NH+]1CC[NH+]([C@H](c2ccc(OC)cc2OC)c2nnnn2C(C)(C)C)CC1. The summed E-state index contributed by atoms with van der Waals surface area (Å²) < 4.78 is 13.1. The maximum atomic E-state index is 5.75. The number of nitrogens with one attached hydrogen (secondary N) is 2. The van der Waals surface area contributed by atoms with Gasteiger partial charge in [-0.25, -0.2) is 4.68 Å². The number of methoxy groups -OCH3 is 2. The Morgan fingerprint density at radius 1 is 1.11 bits per heavy atom. The summed E-state index contributed by atoms with van der Waals surface area (Å²) in [6.45, 7) is 14.3. The van der Waals surface area contributed by atoms with Gasteiger partial charge in [0.05, 0.1) is 31.9 Å². The minimum Gasteiger partial charge on any atom is -0.497 e. The first-order valence-electron chi connectivity index (χ1n) is 10.1.